The number of nitro benzene ring substituents is 1. The van der Waals surface area contributed by atoms with Gasteiger partial charge in [0, 0.05) is 38.8 Å². The van der Waals surface area contributed by atoms with Gasteiger partial charge in [0.15, 0.2) is 0 Å². The van der Waals surface area contributed by atoms with Crippen molar-refractivity contribution in [1.82, 2.24) is 5.32 Å². The lowest BCUT2D eigenvalue weighted by Crippen LogP contribution is -2.61. The summed E-state index contributed by atoms with van der Waals surface area (Å²) in [4.78, 5) is 10.4. The van der Waals surface area contributed by atoms with Crippen molar-refractivity contribution in [3.8, 4) is 0 Å². The molecule has 1 heterocycles. The van der Waals surface area contributed by atoms with Crippen molar-refractivity contribution >= 4 is 5.69 Å². The minimum absolute atomic E-state index is 0.143. The minimum Gasteiger partial charge on any atom is -0.375 e. The Morgan fingerprint density at radius 3 is 2.71 bits per heavy atom. The van der Waals surface area contributed by atoms with E-state index in [-0.39, 0.29) is 16.2 Å². The van der Waals surface area contributed by atoms with Gasteiger partial charge in [-0.3, -0.25) is 10.1 Å². The third-order valence-corrected chi connectivity index (χ3v) is 3.38. The molecule has 1 aromatic carbocycles. The van der Waals surface area contributed by atoms with Gasteiger partial charge in [0.2, 0.25) is 0 Å². The molecule has 0 unspecified atom stereocenters. The van der Waals surface area contributed by atoms with Crippen molar-refractivity contribution in [3.05, 3.63) is 39.4 Å². The normalized spacial score (nSPS) is 17.5. The van der Waals surface area contributed by atoms with Gasteiger partial charge < -0.3 is 10.1 Å². The Balaban J connectivity index is 2.25. The molecule has 1 fully saturated rings. The number of benzene rings is 1. The average Bonchev–Trinajstić information content (AvgIpc) is 2.25. The number of non-ortho nitro benzene ring substituents is 1. The van der Waals surface area contributed by atoms with Gasteiger partial charge in [-0.15, -0.1) is 0 Å². The van der Waals surface area contributed by atoms with Crippen LogP contribution in [0.25, 0.3) is 0 Å². The Morgan fingerprint density at radius 2 is 2.24 bits per heavy atom. The fourth-order valence-electron chi connectivity index (χ4n) is 2.05. The number of nitro groups is 1. The summed E-state index contributed by atoms with van der Waals surface area (Å²) in [7, 11) is 1.69. The number of nitrogens with zero attached hydrogens (tertiary/aromatic N) is 1. The van der Waals surface area contributed by atoms with Crippen LogP contribution >= 0.6 is 0 Å². The van der Waals surface area contributed by atoms with Crippen LogP contribution in [0, 0.1) is 17.0 Å². The van der Waals surface area contributed by atoms with E-state index in [0.29, 0.717) is 6.42 Å². The maximum absolute atomic E-state index is 10.7. The summed E-state index contributed by atoms with van der Waals surface area (Å²) in [5.41, 5.74) is 2.01. The van der Waals surface area contributed by atoms with E-state index < -0.39 is 0 Å². The molecule has 0 aliphatic carbocycles. The van der Waals surface area contributed by atoms with Gasteiger partial charge in [0.1, 0.15) is 0 Å². The second-order valence-corrected chi connectivity index (χ2v) is 4.54. The molecule has 0 saturated carbocycles. The average molecular weight is 236 g/mol. The number of rotatable bonds is 4. The standard InChI is InChI=1S/C12H16N2O3/c1-9-3-4-11(14(15)16)5-10(9)6-12(17-2)7-13-8-12/h3-5,13H,6-8H2,1-2H3. The first-order chi connectivity index (χ1) is 8.06. The molecule has 0 bridgehead atoms. The molecule has 0 atom stereocenters. The summed E-state index contributed by atoms with van der Waals surface area (Å²) >= 11 is 0. The van der Waals surface area contributed by atoms with Crippen molar-refractivity contribution in [2.75, 3.05) is 20.2 Å². The van der Waals surface area contributed by atoms with E-state index >= 15 is 0 Å². The molecule has 0 amide bonds. The van der Waals surface area contributed by atoms with Crippen molar-refractivity contribution in [3.63, 3.8) is 0 Å². The fraction of sp³-hybridized carbons (Fsp3) is 0.500. The summed E-state index contributed by atoms with van der Waals surface area (Å²) in [6, 6.07) is 4.98. The van der Waals surface area contributed by atoms with Gasteiger partial charge in [-0.1, -0.05) is 6.07 Å². The molecule has 0 aromatic heterocycles. The van der Waals surface area contributed by atoms with Crippen LogP contribution in [0.4, 0.5) is 5.69 Å². The molecule has 0 spiro atoms. The van der Waals surface area contributed by atoms with Gasteiger partial charge in [-0.05, 0) is 18.1 Å². The molecule has 17 heavy (non-hydrogen) atoms. The molecule has 0 radical (unpaired) electrons. The fourth-order valence-corrected chi connectivity index (χ4v) is 2.05. The van der Waals surface area contributed by atoms with Crippen LogP contribution in [0.15, 0.2) is 18.2 Å². The monoisotopic (exact) mass is 236 g/mol. The van der Waals surface area contributed by atoms with Gasteiger partial charge in [0.25, 0.3) is 5.69 Å². The van der Waals surface area contributed by atoms with E-state index in [1.54, 1.807) is 19.2 Å². The first-order valence-electron chi connectivity index (χ1n) is 5.56. The zero-order valence-electron chi connectivity index (χ0n) is 10.0. The third-order valence-electron chi connectivity index (χ3n) is 3.38. The smallest absolute Gasteiger partial charge is 0.269 e. The highest BCUT2D eigenvalue weighted by Crippen LogP contribution is 2.26. The summed E-state index contributed by atoms with van der Waals surface area (Å²) in [5.74, 6) is 0. The molecule has 1 aliphatic rings. The maximum Gasteiger partial charge on any atom is 0.269 e. The summed E-state index contributed by atoms with van der Waals surface area (Å²) in [5, 5.41) is 13.9. The second-order valence-electron chi connectivity index (χ2n) is 4.54. The van der Waals surface area contributed by atoms with Gasteiger partial charge in [0.05, 0.1) is 10.5 Å². The number of hydrogen-bond donors (Lipinski definition) is 1. The van der Waals surface area contributed by atoms with Crippen LogP contribution in [0.2, 0.25) is 0 Å². The molecule has 2 rings (SSSR count). The van der Waals surface area contributed by atoms with Crippen molar-refractivity contribution in [1.29, 1.82) is 0 Å². The third kappa shape index (κ3) is 2.30. The van der Waals surface area contributed by atoms with E-state index in [9.17, 15) is 10.1 Å². The molecule has 1 aromatic rings. The molecule has 1 aliphatic heterocycles. The van der Waals surface area contributed by atoms with E-state index in [0.717, 1.165) is 24.2 Å². The van der Waals surface area contributed by atoms with Crippen LogP contribution < -0.4 is 5.32 Å². The highest BCUT2D eigenvalue weighted by Gasteiger charge is 2.37. The predicted molar refractivity (Wildman–Crippen MR) is 64.1 cm³/mol. The van der Waals surface area contributed by atoms with E-state index in [2.05, 4.69) is 5.32 Å². The van der Waals surface area contributed by atoms with Crippen LogP contribution in [0.3, 0.4) is 0 Å². The Kier molecular flexibility index (Phi) is 3.13. The topological polar surface area (TPSA) is 64.4 Å². The summed E-state index contributed by atoms with van der Waals surface area (Å²) in [6.45, 7) is 3.56. The zero-order valence-corrected chi connectivity index (χ0v) is 10.0. The van der Waals surface area contributed by atoms with Gasteiger partial charge in [-0.2, -0.15) is 0 Å². The van der Waals surface area contributed by atoms with Crippen LogP contribution in [0.1, 0.15) is 11.1 Å². The molecule has 92 valence electrons. The molecule has 1 N–H and O–H groups in total. The van der Waals surface area contributed by atoms with Crippen molar-refractivity contribution in [2.24, 2.45) is 0 Å². The van der Waals surface area contributed by atoms with E-state index in [1.807, 2.05) is 6.92 Å². The van der Waals surface area contributed by atoms with Crippen LogP contribution in [-0.2, 0) is 11.2 Å². The number of methoxy groups -OCH3 is 1. The lowest BCUT2D eigenvalue weighted by molar-refractivity contribution is -0.384. The van der Waals surface area contributed by atoms with Crippen molar-refractivity contribution in [2.45, 2.75) is 18.9 Å². The Hall–Kier alpha value is -1.46. The zero-order chi connectivity index (χ0) is 12.5. The Morgan fingerprint density at radius 1 is 1.53 bits per heavy atom. The number of nitrogens with one attached hydrogen (secondary N) is 1. The van der Waals surface area contributed by atoms with Gasteiger partial charge in [-0.25, -0.2) is 0 Å². The Bertz CT molecular complexity index is 436. The number of ether oxygens (including phenoxy) is 1. The second kappa shape index (κ2) is 4.43. The first kappa shape index (κ1) is 12.0. The molecule has 5 heteroatoms. The van der Waals surface area contributed by atoms with Crippen molar-refractivity contribution < 1.29 is 9.66 Å². The van der Waals surface area contributed by atoms with E-state index in [4.69, 9.17) is 4.74 Å². The highest BCUT2D eigenvalue weighted by molar-refractivity contribution is 5.40. The minimum atomic E-state index is -0.360. The quantitative estimate of drug-likeness (QED) is 0.634. The first-order valence-corrected chi connectivity index (χ1v) is 5.56. The molecular formula is C12H16N2O3. The largest absolute Gasteiger partial charge is 0.375 e. The van der Waals surface area contributed by atoms with Crippen LogP contribution in [-0.4, -0.2) is 30.7 Å². The SMILES string of the molecule is COC1(Cc2cc([N+](=O)[O-])ccc2C)CNC1. The molecule has 5 nitrogen and oxygen atoms in total. The maximum atomic E-state index is 10.7. The van der Waals surface area contributed by atoms with Crippen LogP contribution in [0.5, 0.6) is 0 Å². The number of hydrogen-bond acceptors (Lipinski definition) is 4. The lowest BCUT2D eigenvalue weighted by Gasteiger charge is -2.41. The Labute approximate surface area is 99.9 Å². The summed E-state index contributed by atoms with van der Waals surface area (Å²) < 4.78 is 5.50. The lowest BCUT2D eigenvalue weighted by atomic mass is 9.87. The molecule has 1 saturated heterocycles. The van der Waals surface area contributed by atoms with E-state index in [1.165, 1.54) is 6.07 Å². The molecular weight excluding hydrogens is 220 g/mol. The van der Waals surface area contributed by atoms with Gasteiger partial charge >= 0.3 is 0 Å². The summed E-state index contributed by atoms with van der Waals surface area (Å²) in [6.07, 6.45) is 0.712. The highest BCUT2D eigenvalue weighted by atomic mass is 16.6. The number of aryl methyl sites for hydroxylation is 1. The predicted octanol–water partition coefficient (Wildman–Crippen LogP) is 1.43.